The molecule has 576 valence electrons. The Labute approximate surface area is 666 Å². The summed E-state index contributed by atoms with van der Waals surface area (Å²) in [4.78, 5) is 111. The highest BCUT2D eigenvalue weighted by Gasteiger charge is 2.03. The normalized spacial score (nSPS) is 10.0. The van der Waals surface area contributed by atoms with Gasteiger partial charge in [-0.3, -0.25) is 0 Å². The van der Waals surface area contributed by atoms with Crippen molar-refractivity contribution >= 4 is 240 Å². The molecule has 2 aromatic rings. The highest BCUT2D eigenvalue weighted by molar-refractivity contribution is 8.77. The van der Waals surface area contributed by atoms with Gasteiger partial charge in [0.2, 0.25) is 0 Å². The highest BCUT2D eigenvalue weighted by Crippen LogP contribution is 2.29. The summed E-state index contributed by atoms with van der Waals surface area (Å²) >= 11 is 20.7. The molecular formula is C64H106N2O18S16. The minimum Gasteiger partial charge on any atom is -0.449 e. The van der Waals surface area contributed by atoms with Crippen LogP contribution in [-0.2, 0) is 80.0 Å². The maximum absolute atomic E-state index is 10.8. The van der Waals surface area contributed by atoms with Crippen LogP contribution >= 0.6 is 181 Å². The molecule has 2 aliphatic carbocycles. The molecule has 36 heteroatoms. The number of ether oxygens (including phenoxy) is 6. The second-order valence-corrected chi connectivity index (χ2v) is 31.5. The van der Waals surface area contributed by atoms with Crippen LogP contribution in [-0.4, -0.2) is 210 Å². The smallest absolute Gasteiger partial charge is 0.449 e. The zero-order valence-corrected chi connectivity index (χ0v) is 69.7. The fraction of sp³-hybridized carbons (Fsp3) is 0.469. The number of hydrogen-bond acceptors (Lipinski definition) is 34. The van der Waals surface area contributed by atoms with Gasteiger partial charge in [0.15, 0.2) is 0 Å². The van der Waals surface area contributed by atoms with E-state index in [0.29, 0.717) is 19.8 Å². The number of nitrogens with one attached hydrogen (secondary N) is 2. The van der Waals surface area contributed by atoms with Gasteiger partial charge >= 0.3 is 49.1 Å². The summed E-state index contributed by atoms with van der Waals surface area (Å²) < 4.78 is 27.6. The molecule has 2 fully saturated rings. The van der Waals surface area contributed by atoms with E-state index in [1.807, 2.05) is 196 Å². The number of methoxy groups -OCH3 is 2. The minimum atomic E-state index is -0.655. The zero-order chi connectivity index (χ0) is 75.7. The molecule has 0 saturated carbocycles. The maximum atomic E-state index is 10.8. The third-order valence-corrected chi connectivity index (χ3v) is 15.3. The van der Waals surface area contributed by atoms with Crippen molar-refractivity contribution in [2.24, 2.45) is 0 Å². The number of thiocarbonyl (C=S) groups is 2. The lowest BCUT2D eigenvalue weighted by Gasteiger charge is -2.04. The van der Waals surface area contributed by atoms with E-state index < -0.39 is 18.4 Å². The van der Waals surface area contributed by atoms with Crippen LogP contribution in [0.25, 0.3) is 0 Å². The van der Waals surface area contributed by atoms with Gasteiger partial charge in [-0.2, -0.15) is 109 Å². The molecule has 4 aliphatic rings. The summed E-state index contributed by atoms with van der Waals surface area (Å²) in [5, 5.41) is 4.76. The summed E-state index contributed by atoms with van der Waals surface area (Å²) in [5.74, 6) is 7.31. The van der Waals surface area contributed by atoms with Gasteiger partial charge in [-0.25, -0.2) is 19.2 Å². The first-order valence-electron chi connectivity index (χ1n) is 26.0. The Balaban J connectivity index is -0.0000000683. The molecule has 0 atom stereocenters. The molecule has 0 aromatic heterocycles. The van der Waals surface area contributed by atoms with Gasteiger partial charge in [0.05, 0.1) is 14.2 Å². The van der Waals surface area contributed by atoms with E-state index in [1.54, 1.807) is 147 Å². The van der Waals surface area contributed by atoms with Crippen molar-refractivity contribution in [2.45, 2.75) is 52.7 Å². The molecule has 2 amide bonds. The lowest BCUT2D eigenvalue weighted by molar-refractivity contribution is -0.193. The van der Waals surface area contributed by atoms with Crippen LogP contribution in [0.15, 0.2) is 131 Å². The topological polar surface area (TPSA) is 284 Å². The van der Waals surface area contributed by atoms with E-state index in [1.165, 1.54) is 47.0 Å². The van der Waals surface area contributed by atoms with Gasteiger partial charge in [-0.1, -0.05) is 202 Å². The predicted molar refractivity (Wildman–Crippen MR) is 458 cm³/mol. The predicted octanol–water partition coefficient (Wildman–Crippen LogP) is 19.1. The second-order valence-electron chi connectivity index (χ2n) is 14.5. The summed E-state index contributed by atoms with van der Waals surface area (Å²) in [7, 11) is 19.1. The quantitative estimate of drug-likeness (QED) is 0.0394. The Kier molecular flexibility index (Phi) is 155. The lowest BCUT2D eigenvalue weighted by atomic mass is 10.1. The summed E-state index contributed by atoms with van der Waals surface area (Å²) in [6.45, 7) is 8.88. The van der Waals surface area contributed by atoms with Gasteiger partial charge in [-0.15, -0.1) is 0 Å². The number of carbonyl (C=O) groups excluding carboxylic acids is 12. The van der Waals surface area contributed by atoms with E-state index in [-0.39, 0.29) is 67.0 Å². The molecule has 20 nitrogen and oxygen atoms in total. The molecule has 0 radical (unpaired) electrons. The first kappa shape index (κ1) is 129. The van der Waals surface area contributed by atoms with Crippen LogP contribution in [0, 0.1) is 0 Å². The number of alkyl carbamates (subject to hydrolysis) is 2. The van der Waals surface area contributed by atoms with E-state index in [4.69, 9.17) is 77.0 Å². The van der Waals surface area contributed by atoms with Gasteiger partial charge in [0.25, 0.3) is 0 Å². The molecule has 2 aromatic carbocycles. The molecule has 6 rings (SSSR count). The van der Waals surface area contributed by atoms with E-state index in [2.05, 4.69) is 38.0 Å². The largest absolute Gasteiger partial charge is 0.508 e. The number of hydrogen-bond donors (Lipinski definition) is 2. The van der Waals surface area contributed by atoms with Crippen molar-refractivity contribution in [3.63, 3.8) is 0 Å². The third kappa shape index (κ3) is 149. The van der Waals surface area contributed by atoms with Crippen LogP contribution in [0.5, 0.6) is 0 Å². The minimum absolute atomic E-state index is 0. The number of carbonyl (C=O) groups is 4. The molecular weight excluding hydrogens is 1600 g/mol. The lowest BCUT2D eigenvalue weighted by Crippen LogP contribution is -2.20. The Hall–Kier alpha value is -3.44. The van der Waals surface area contributed by atoms with Crippen LogP contribution in [0.1, 0.15) is 40.8 Å². The number of rotatable bonds is 16. The summed E-state index contributed by atoms with van der Waals surface area (Å²) in [5.41, 5.74) is 3.96. The summed E-state index contributed by atoms with van der Waals surface area (Å²) in [6, 6.07) is 15.8. The molecule has 2 N–H and O–H groups in total. The van der Waals surface area contributed by atoms with E-state index in [9.17, 15) is 19.2 Å². The maximum Gasteiger partial charge on any atom is 0.508 e. The van der Waals surface area contributed by atoms with Gasteiger partial charge in [0.1, 0.15) is 26.4 Å². The Morgan fingerprint density at radius 2 is 0.670 bits per heavy atom. The van der Waals surface area contributed by atoms with Gasteiger partial charge in [-0.05, 0) is 146 Å². The molecule has 2 heterocycles. The first-order valence-corrected chi connectivity index (χ1v) is 46.2. The Morgan fingerprint density at radius 1 is 0.430 bits per heavy atom. The molecule has 0 bridgehead atoms. The Morgan fingerprint density at radius 3 is 0.890 bits per heavy atom. The SMILES string of the molecule is C.C.C.C.C1CS1.C1CS1.C=C1C=CC(=S)C=C1.C=C1C=CC(=S)C=C1.CNC(=O)OCCSSC.CNC(=O)OCc1ccc(SSC)cc1.COC(=O)OCCSSC.COC(=O)OCc1ccc(SSC)cc1.CSC.CSC.CSC.CSC.O=C=O.O=C=O.O=C=O.O=C=O. The van der Waals surface area contributed by atoms with Crippen molar-refractivity contribution in [1.82, 2.24) is 10.6 Å². The van der Waals surface area contributed by atoms with Gasteiger partial charge in [0, 0.05) is 68.1 Å². The zero-order valence-electron chi connectivity index (χ0n) is 56.6. The van der Waals surface area contributed by atoms with Crippen molar-refractivity contribution in [2.75, 3.05) is 151 Å². The van der Waals surface area contributed by atoms with Crippen LogP contribution in [0.2, 0.25) is 0 Å². The van der Waals surface area contributed by atoms with E-state index >= 15 is 0 Å². The fourth-order valence-electron chi connectivity index (χ4n) is 3.50. The average molecular weight is 1700 g/mol. The van der Waals surface area contributed by atoms with Crippen LogP contribution in [0.3, 0.4) is 0 Å². The molecule has 100 heavy (non-hydrogen) atoms. The van der Waals surface area contributed by atoms with Gasteiger partial charge < -0.3 is 39.1 Å². The number of benzene rings is 2. The molecule has 0 spiro atoms. The third-order valence-electron chi connectivity index (χ3n) is 6.95. The monoisotopic (exact) mass is 1700 g/mol. The number of thioether (sulfide) groups is 6. The van der Waals surface area contributed by atoms with Crippen molar-refractivity contribution in [3.05, 3.63) is 133 Å². The van der Waals surface area contributed by atoms with Crippen LogP contribution in [0.4, 0.5) is 19.2 Å². The highest BCUT2D eigenvalue weighted by atomic mass is 33.1. The number of amides is 2. The fourth-order valence-corrected chi connectivity index (χ4v) is 8.52. The average Bonchev–Trinajstić information content (AvgIpc) is 1.66. The number of allylic oxidation sites excluding steroid dienone is 10. The standard InChI is InChI=1S/C10H13NO2S2.C10H12O3S2.2C7H6S.C5H11NO2S2.C5H10O3S2.2C2H4S.4C2H6S.4CO2.4CH4/c1-11-10(12)13-7-8-3-5-9(6-4-8)15-14-2;1-12-10(11)13-7-8-3-5-9(6-4-8)15-14-2;2*1-6-2-4-7(8)5-3-6;1-6-5(7)8-3-4-10-9-2;1-7-5(6)8-3-4-10-9-2;2*1-2-3-1;4*1-3-2;4*2-1-3;;;;/h3-6H,7H2,1-2H3,(H,11,12);3-6H,7H2,1-2H3;2*2-5H,1H2;3-4H2,1-2H3,(H,6,7);3-4H2,1-2H3;2*1-2H2;4*1-2H3;;;;;4*1H4. The second kappa shape index (κ2) is 119. The van der Waals surface area contributed by atoms with E-state index in [0.717, 1.165) is 43.5 Å². The Bertz CT molecular complexity index is 2180. The van der Waals surface area contributed by atoms with Crippen molar-refractivity contribution < 1.29 is 86.0 Å². The first-order chi connectivity index (χ1) is 46.0. The molecule has 2 aliphatic heterocycles. The van der Waals surface area contributed by atoms with Crippen LogP contribution < -0.4 is 10.6 Å². The summed E-state index contributed by atoms with van der Waals surface area (Å²) in [6.07, 6.45) is 38.4. The van der Waals surface area contributed by atoms with Crippen molar-refractivity contribution in [1.29, 1.82) is 0 Å². The molecule has 0 unspecified atom stereocenters. The molecule has 2 saturated heterocycles. The van der Waals surface area contributed by atoms with Crippen molar-refractivity contribution in [3.8, 4) is 0 Å².